The molecule has 0 fully saturated rings. The molecule has 2 heteroatoms. The van der Waals surface area contributed by atoms with Crippen LogP contribution in [0.2, 0.25) is 0 Å². The monoisotopic (exact) mass is 722 g/mol. The zero-order valence-electron chi connectivity index (χ0n) is 33.1. The molecule has 0 amide bonds. The predicted molar refractivity (Wildman–Crippen MR) is 238 cm³/mol. The summed E-state index contributed by atoms with van der Waals surface area (Å²) in [7, 11) is 0. The van der Waals surface area contributed by atoms with Gasteiger partial charge in [-0.05, 0) is 130 Å². The molecular weight excluding hydrogens is 677 g/mol. The minimum absolute atomic E-state index is 0.0416. The number of rotatable bonds is 6. The summed E-state index contributed by atoms with van der Waals surface area (Å²) >= 11 is 0. The van der Waals surface area contributed by atoms with Gasteiger partial charge in [-0.25, -0.2) is 0 Å². The molecule has 7 aromatic carbocycles. The highest BCUT2D eigenvalue weighted by molar-refractivity contribution is 5.91. The van der Waals surface area contributed by atoms with Crippen molar-refractivity contribution in [1.82, 2.24) is 4.57 Å². The fourth-order valence-electron chi connectivity index (χ4n) is 9.64. The summed E-state index contributed by atoms with van der Waals surface area (Å²) in [5.41, 5.74) is 21.7. The van der Waals surface area contributed by atoms with Crippen LogP contribution >= 0.6 is 0 Å². The van der Waals surface area contributed by atoms with Gasteiger partial charge in [0.1, 0.15) is 0 Å². The highest BCUT2D eigenvalue weighted by Crippen LogP contribution is 2.51. The second-order valence-electron chi connectivity index (χ2n) is 16.7. The SMILES string of the molecule is Cc1c(C)n(-c2ccc3c(c2)C(C)(C)c2ccccc2-3)c2cc(C=Cc3ccc(N(c4ccccc4)c4ccc5c(c4)C(C)(C)c4ccccc4-5)cc3)ccc12. The van der Waals surface area contributed by atoms with Gasteiger partial charge in [-0.15, -0.1) is 0 Å². The highest BCUT2D eigenvalue weighted by Gasteiger charge is 2.37. The summed E-state index contributed by atoms with van der Waals surface area (Å²) in [4.78, 5) is 2.37. The Labute approximate surface area is 331 Å². The van der Waals surface area contributed by atoms with Gasteiger partial charge in [0.2, 0.25) is 0 Å². The average Bonchev–Trinajstić information content (AvgIpc) is 3.72. The van der Waals surface area contributed by atoms with E-state index in [9.17, 15) is 0 Å². The van der Waals surface area contributed by atoms with Crippen LogP contribution < -0.4 is 4.90 Å². The lowest BCUT2D eigenvalue weighted by molar-refractivity contribution is 0.659. The van der Waals surface area contributed by atoms with Gasteiger partial charge in [0.25, 0.3) is 0 Å². The van der Waals surface area contributed by atoms with Gasteiger partial charge in [0.05, 0.1) is 5.52 Å². The van der Waals surface area contributed by atoms with Crippen molar-refractivity contribution in [2.45, 2.75) is 52.4 Å². The molecule has 10 rings (SSSR count). The zero-order chi connectivity index (χ0) is 38.3. The van der Waals surface area contributed by atoms with Gasteiger partial charge >= 0.3 is 0 Å². The van der Waals surface area contributed by atoms with Crippen molar-refractivity contribution in [1.29, 1.82) is 0 Å². The molecule has 2 nitrogen and oxygen atoms in total. The third-order valence-electron chi connectivity index (χ3n) is 12.8. The van der Waals surface area contributed by atoms with Gasteiger partial charge in [-0.1, -0.05) is 143 Å². The van der Waals surface area contributed by atoms with Crippen LogP contribution in [0.25, 0.3) is 51.0 Å². The van der Waals surface area contributed by atoms with E-state index in [0.29, 0.717) is 0 Å². The number of para-hydroxylation sites is 1. The van der Waals surface area contributed by atoms with Crippen molar-refractivity contribution in [2.75, 3.05) is 4.90 Å². The Morgan fingerprint density at radius 3 is 1.64 bits per heavy atom. The summed E-state index contributed by atoms with van der Waals surface area (Å²) in [6.07, 6.45) is 4.48. The summed E-state index contributed by atoms with van der Waals surface area (Å²) in [6, 6.07) is 58.3. The van der Waals surface area contributed by atoms with Crippen LogP contribution in [0.5, 0.6) is 0 Å². The van der Waals surface area contributed by atoms with Crippen molar-refractivity contribution in [3.63, 3.8) is 0 Å². The molecule has 272 valence electrons. The number of fused-ring (bicyclic) bond motifs is 7. The van der Waals surface area contributed by atoms with Gasteiger partial charge in [0, 0.05) is 44.7 Å². The van der Waals surface area contributed by atoms with E-state index in [2.05, 4.69) is 221 Å². The van der Waals surface area contributed by atoms with Crippen molar-refractivity contribution in [3.8, 4) is 27.9 Å². The molecule has 8 aromatic rings. The zero-order valence-corrected chi connectivity index (χ0v) is 33.1. The van der Waals surface area contributed by atoms with Crippen LogP contribution in [0.4, 0.5) is 17.1 Å². The van der Waals surface area contributed by atoms with Gasteiger partial charge in [-0.3, -0.25) is 0 Å². The van der Waals surface area contributed by atoms with Crippen molar-refractivity contribution in [3.05, 3.63) is 202 Å². The van der Waals surface area contributed by atoms with Crippen LogP contribution in [0.15, 0.2) is 158 Å². The third-order valence-corrected chi connectivity index (χ3v) is 12.8. The molecule has 1 aromatic heterocycles. The maximum absolute atomic E-state index is 2.45. The molecule has 0 N–H and O–H groups in total. The number of aromatic nitrogens is 1. The quantitative estimate of drug-likeness (QED) is 0.155. The Hall–Kier alpha value is -6.38. The second kappa shape index (κ2) is 12.6. The fraction of sp³-hybridized carbons (Fsp3) is 0.148. The lowest BCUT2D eigenvalue weighted by Gasteiger charge is -2.28. The normalized spacial score (nSPS) is 14.5. The Balaban J connectivity index is 0.973. The lowest BCUT2D eigenvalue weighted by atomic mass is 9.82. The Bertz CT molecular complexity index is 2860. The molecule has 0 saturated heterocycles. The van der Waals surface area contributed by atoms with E-state index in [-0.39, 0.29) is 10.8 Å². The Kier molecular flexibility index (Phi) is 7.67. The minimum atomic E-state index is -0.0639. The molecule has 1 heterocycles. The Morgan fingerprint density at radius 1 is 0.446 bits per heavy atom. The predicted octanol–water partition coefficient (Wildman–Crippen LogP) is 14.5. The van der Waals surface area contributed by atoms with E-state index in [1.54, 1.807) is 0 Å². The smallest absolute Gasteiger partial charge is 0.0540 e. The minimum Gasteiger partial charge on any atom is -0.314 e. The molecule has 0 unspecified atom stereocenters. The van der Waals surface area contributed by atoms with Crippen LogP contribution in [0.3, 0.4) is 0 Å². The lowest BCUT2D eigenvalue weighted by Crippen LogP contribution is -2.16. The van der Waals surface area contributed by atoms with E-state index in [4.69, 9.17) is 0 Å². The summed E-state index contributed by atoms with van der Waals surface area (Å²) in [5, 5.41) is 1.30. The van der Waals surface area contributed by atoms with Gasteiger partial charge in [0.15, 0.2) is 0 Å². The molecule has 0 bridgehead atoms. The highest BCUT2D eigenvalue weighted by atomic mass is 15.1. The molecule has 0 atom stereocenters. The topological polar surface area (TPSA) is 8.17 Å². The maximum atomic E-state index is 2.45. The summed E-state index contributed by atoms with van der Waals surface area (Å²) in [6.45, 7) is 13.9. The number of aryl methyl sites for hydroxylation is 1. The Morgan fingerprint density at radius 2 is 0.964 bits per heavy atom. The van der Waals surface area contributed by atoms with Crippen LogP contribution in [0.1, 0.15) is 72.3 Å². The summed E-state index contributed by atoms with van der Waals surface area (Å²) < 4.78 is 2.45. The van der Waals surface area contributed by atoms with E-state index in [1.807, 2.05) is 0 Å². The molecule has 0 spiro atoms. The first-order valence-corrected chi connectivity index (χ1v) is 19.9. The first-order chi connectivity index (χ1) is 27.1. The molecule has 56 heavy (non-hydrogen) atoms. The maximum Gasteiger partial charge on any atom is 0.0540 e. The molecule has 0 saturated carbocycles. The van der Waals surface area contributed by atoms with Crippen LogP contribution in [-0.2, 0) is 10.8 Å². The summed E-state index contributed by atoms with van der Waals surface area (Å²) in [5.74, 6) is 0. The fourth-order valence-corrected chi connectivity index (χ4v) is 9.64. The van der Waals surface area contributed by atoms with E-state index in [1.165, 1.54) is 77.9 Å². The number of nitrogens with zero attached hydrogens (tertiary/aromatic N) is 2. The number of hydrogen-bond acceptors (Lipinski definition) is 1. The van der Waals surface area contributed by atoms with Crippen molar-refractivity contribution in [2.24, 2.45) is 0 Å². The standard InChI is InChI=1S/C54H46N2/c1-35-36(2)55(41-27-30-46-44-16-10-12-18-48(44)53(3,4)50(46)33-41)52-32-38(24-29-43(35)52)21-20-37-22-25-40(26-23-37)56(39-14-8-7-9-15-39)42-28-31-47-45-17-11-13-19-49(45)54(5,6)51(47)34-42/h7-34H,1-6H3. The largest absolute Gasteiger partial charge is 0.314 e. The first kappa shape index (κ1) is 34.1. The van der Waals surface area contributed by atoms with E-state index in [0.717, 1.165) is 22.6 Å². The first-order valence-electron chi connectivity index (χ1n) is 19.9. The molecular formula is C54H46N2. The molecule has 0 aliphatic heterocycles. The van der Waals surface area contributed by atoms with E-state index < -0.39 is 0 Å². The van der Waals surface area contributed by atoms with Gasteiger partial charge < -0.3 is 9.47 Å². The average molecular weight is 723 g/mol. The second-order valence-corrected chi connectivity index (χ2v) is 16.7. The molecule has 0 radical (unpaired) electrons. The van der Waals surface area contributed by atoms with Gasteiger partial charge in [-0.2, -0.15) is 0 Å². The van der Waals surface area contributed by atoms with Crippen molar-refractivity contribution < 1.29 is 0 Å². The third kappa shape index (κ3) is 5.16. The molecule has 2 aliphatic carbocycles. The van der Waals surface area contributed by atoms with Crippen LogP contribution in [-0.4, -0.2) is 4.57 Å². The van der Waals surface area contributed by atoms with Crippen LogP contribution in [0, 0.1) is 13.8 Å². The number of anilines is 3. The number of hydrogen-bond donors (Lipinski definition) is 0. The van der Waals surface area contributed by atoms with Crippen molar-refractivity contribution >= 4 is 40.1 Å². The number of benzene rings is 7. The van der Waals surface area contributed by atoms with E-state index >= 15 is 0 Å². The molecule has 2 aliphatic rings.